The fourth-order valence-corrected chi connectivity index (χ4v) is 0. The first-order valence-electron chi connectivity index (χ1n) is 3.56. The van der Waals surface area contributed by atoms with E-state index in [9.17, 15) is 17.3 Å². The van der Waals surface area contributed by atoms with Crippen molar-refractivity contribution < 1.29 is 43.6 Å². The Kier molecular flexibility index (Phi) is 32.8. The van der Waals surface area contributed by atoms with E-state index >= 15 is 0 Å². The number of hydrogen-bond donors (Lipinski definition) is 0. The van der Waals surface area contributed by atoms with Gasteiger partial charge in [0, 0.05) is 19.5 Å². The van der Waals surface area contributed by atoms with Gasteiger partial charge in [-0.25, -0.2) is 0 Å². The minimum Gasteiger partial charge on any atom is -0.418 e. The summed E-state index contributed by atoms with van der Waals surface area (Å²) in [6.45, 7) is 0. The largest absolute Gasteiger partial charge is 1.00 e. The Morgan fingerprint density at radius 1 is 0.733 bits per heavy atom. The van der Waals surface area contributed by atoms with Crippen LogP contribution in [-0.2, 0) is 19.5 Å². The molecule has 0 aliphatic heterocycles. The van der Waals surface area contributed by atoms with Crippen molar-refractivity contribution in [1.82, 2.24) is 9.80 Å². The molecule has 0 saturated carbocycles. The summed E-state index contributed by atoms with van der Waals surface area (Å²) in [5, 5.41) is 0. The zero-order valence-corrected chi connectivity index (χ0v) is 13.2. The summed E-state index contributed by atoms with van der Waals surface area (Å²) in [6, 6.07) is 0. The van der Waals surface area contributed by atoms with Gasteiger partial charge in [-0.1, -0.05) is 0 Å². The van der Waals surface area contributed by atoms with Crippen molar-refractivity contribution >= 4 is 7.25 Å². The third kappa shape index (κ3) is 26000. The van der Waals surface area contributed by atoms with Crippen molar-refractivity contribution in [2.45, 2.75) is 0 Å². The van der Waals surface area contributed by atoms with Gasteiger partial charge in [0.2, 0.25) is 0 Å². The summed E-state index contributed by atoms with van der Waals surface area (Å²) in [7, 11) is 6.00. The standard InChI is InChI=1S/2C3H9N.BF4.H2O.Zn/c2*1-4(2)3;2-1(3,4)5;;/h2*1-3H3;;1H2;/q;;-1;;/p+1. The Bertz CT molecular complexity index is 93.5. The van der Waals surface area contributed by atoms with Crippen LogP contribution in [0, 0.1) is 0 Å². The average molecular weight is 289 g/mol. The second-order valence-electron chi connectivity index (χ2n) is 3.18. The molecule has 0 aliphatic rings. The van der Waals surface area contributed by atoms with Gasteiger partial charge in [-0.3, -0.25) is 0 Å². The van der Waals surface area contributed by atoms with Gasteiger partial charge in [-0.2, -0.15) is 0 Å². The minimum absolute atomic E-state index is 0. The molecule has 0 spiro atoms. The van der Waals surface area contributed by atoms with Crippen LogP contribution in [0.5, 0.6) is 0 Å². The first kappa shape index (κ1) is 29.5. The van der Waals surface area contributed by atoms with Crippen LogP contribution in [0.1, 0.15) is 1.43 Å². The molecule has 0 radical (unpaired) electrons. The van der Waals surface area contributed by atoms with Crippen molar-refractivity contribution in [3.05, 3.63) is 0 Å². The van der Waals surface area contributed by atoms with Crippen LogP contribution in [0.2, 0.25) is 0 Å². The Balaban J connectivity index is -0.0000000216. The van der Waals surface area contributed by atoms with E-state index in [1.807, 2.05) is 52.1 Å². The molecule has 0 aliphatic carbocycles. The van der Waals surface area contributed by atoms with Gasteiger partial charge in [0.15, 0.2) is 0 Å². The van der Waals surface area contributed by atoms with Crippen molar-refractivity contribution in [1.29, 1.82) is 0 Å². The molecule has 0 amide bonds. The molecule has 0 bridgehead atoms. The van der Waals surface area contributed by atoms with Gasteiger partial charge in [-0.05, 0) is 42.3 Å². The van der Waals surface area contributed by atoms with Gasteiger partial charge in [0.25, 0.3) is 0 Å². The number of hydrogen-bond acceptors (Lipinski definition) is 2. The molecule has 9 heteroatoms. The summed E-state index contributed by atoms with van der Waals surface area (Å²) in [6.07, 6.45) is 0. The molecule has 0 unspecified atom stereocenters. The summed E-state index contributed by atoms with van der Waals surface area (Å²) < 4.78 is 39.0. The van der Waals surface area contributed by atoms with E-state index < -0.39 is 7.25 Å². The van der Waals surface area contributed by atoms with Gasteiger partial charge in [0.05, 0.1) is 0 Å². The van der Waals surface area contributed by atoms with E-state index in [2.05, 4.69) is 0 Å². The van der Waals surface area contributed by atoms with Crippen molar-refractivity contribution in [3.63, 3.8) is 0 Å². The molecular weight excluding hydrogens is 268 g/mol. The van der Waals surface area contributed by atoms with Gasteiger partial charge in [0.1, 0.15) is 0 Å². The molecule has 94 valence electrons. The number of rotatable bonds is 0. The first-order valence-corrected chi connectivity index (χ1v) is 3.56. The summed E-state index contributed by atoms with van der Waals surface area (Å²) in [5.41, 5.74) is 0. The Hall–Kier alpha value is 0.288. The third-order valence-corrected chi connectivity index (χ3v) is 0. The van der Waals surface area contributed by atoms with E-state index in [1.165, 1.54) is 0 Å². The van der Waals surface area contributed by atoms with E-state index in [0.717, 1.165) is 0 Å². The third-order valence-electron chi connectivity index (χ3n) is 0. The minimum atomic E-state index is -6.00. The molecule has 0 aromatic heterocycles. The zero-order chi connectivity index (χ0) is 11.7. The molecule has 15 heavy (non-hydrogen) atoms. The molecule has 0 heterocycles. The Labute approximate surface area is 103 Å². The normalized spacial score (nSPS) is 8.80. The Morgan fingerprint density at radius 2 is 0.733 bits per heavy atom. The summed E-state index contributed by atoms with van der Waals surface area (Å²) in [4.78, 5) is 4.00. The van der Waals surface area contributed by atoms with Gasteiger partial charge >= 0.3 is 8.68 Å². The number of halogens is 4. The van der Waals surface area contributed by atoms with Gasteiger partial charge < -0.3 is 32.5 Å². The predicted molar refractivity (Wildman–Crippen MR) is 54.1 cm³/mol. The second kappa shape index (κ2) is 16.7. The fourth-order valence-electron chi connectivity index (χ4n) is 0. The van der Waals surface area contributed by atoms with E-state index in [1.54, 1.807) is 0 Å². The maximum Gasteiger partial charge on any atom is 1.00 e. The SMILES string of the molecule is CN(C)C.CN(C)C.F[B-](F)(F)F.O.[H+].[Zn]. The molecule has 0 rings (SSSR count). The Morgan fingerprint density at radius 3 is 0.733 bits per heavy atom. The summed E-state index contributed by atoms with van der Waals surface area (Å²) in [5.74, 6) is 0. The topological polar surface area (TPSA) is 38.0 Å². The molecule has 0 aromatic rings. The number of nitrogens with zero attached hydrogens (tertiary/aromatic N) is 2. The molecule has 0 aromatic carbocycles. The van der Waals surface area contributed by atoms with Crippen LogP contribution in [0.25, 0.3) is 0 Å². The van der Waals surface area contributed by atoms with E-state index in [-0.39, 0.29) is 26.4 Å². The average Bonchev–Trinajstić information content (AvgIpc) is 1.50. The molecule has 0 fully saturated rings. The first-order chi connectivity index (χ1) is 5.46. The monoisotopic (exact) mass is 288 g/mol. The maximum absolute atomic E-state index is 9.75. The van der Waals surface area contributed by atoms with E-state index in [4.69, 9.17) is 0 Å². The van der Waals surface area contributed by atoms with Crippen LogP contribution >= 0.6 is 0 Å². The van der Waals surface area contributed by atoms with Crippen LogP contribution in [-0.4, -0.2) is 64.8 Å². The summed E-state index contributed by atoms with van der Waals surface area (Å²) >= 11 is 0. The predicted octanol–water partition coefficient (Wildman–Crippen LogP) is 0.941. The molecule has 3 nitrogen and oxygen atoms in total. The molecule has 0 saturated heterocycles. The van der Waals surface area contributed by atoms with Crippen molar-refractivity contribution in [3.8, 4) is 0 Å². The maximum atomic E-state index is 9.75. The van der Waals surface area contributed by atoms with Crippen LogP contribution < -0.4 is 0 Å². The van der Waals surface area contributed by atoms with E-state index in [0.29, 0.717) is 0 Å². The van der Waals surface area contributed by atoms with Crippen LogP contribution in [0.3, 0.4) is 0 Å². The van der Waals surface area contributed by atoms with Crippen molar-refractivity contribution in [2.24, 2.45) is 0 Å². The molecular formula is C6H21BF4N2OZn. The smallest absolute Gasteiger partial charge is 0.418 e. The van der Waals surface area contributed by atoms with Gasteiger partial charge in [-0.15, -0.1) is 0 Å². The molecule has 2 N–H and O–H groups in total. The second-order valence-corrected chi connectivity index (χ2v) is 3.18. The van der Waals surface area contributed by atoms with Crippen LogP contribution in [0.15, 0.2) is 0 Å². The quantitative estimate of drug-likeness (QED) is 0.492. The zero-order valence-electron chi connectivity index (χ0n) is 11.2. The van der Waals surface area contributed by atoms with Crippen LogP contribution in [0.4, 0.5) is 17.3 Å². The van der Waals surface area contributed by atoms with Crippen molar-refractivity contribution in [2.75, 3.05) is 42.3 Å². The fraction of sp³-hybridized carbons (Fsp3) is 1.00. The molecule has 0 atom stereocenters.